The third kappa shape index (κ3) is 4.55. The molecule has 160 valence electrons. The molecule has 1 fully saturated rings. The van der Waals surface area contributed by atoms with Gasteiger partial charge in [0.1, 0.15) is 5.01 Å². The lowest BCUT2D eigenvalue weighted by atomic mass is 10.0. The van der Waals surface area contributed by atoms with Crippen LogP contribution in [-0.4, -0.2) is 52.7 Å². The molecule has 5 rings (SSSR count). The number of ketones is 1. The van der Waals surface area contributed by atoms with Crippen LogP contribution in [0.1, 0.15) is 45.8 Å². The predicted octanol–water partition coefficient (Wildman–Crippen LogP) is 4.09. The maximum atomic E-state index is 12.6. The van der Waals surface area contributed by atoms with Crippen molar-refractivity contribution in [3.05, 3.63) is 64.2 Å². The maximum absolute atomic E-state index is 12.6. The lowest BCUT2D eigenvalue weighted by Gasteiger charge is -2.34. The number of carbonyl (C=O) groups is 2. The molecule has 0 saturated carbocycles. The van der Waals surface area contributed by atoms with E-state index >= 15 is 0 Å². The van der Waals surface area contributed by atoms with Gasteiger partial charge in [0, 0.05) is 44.6 Å². The molecule has 5 nitrogen and oxygen atoms in total. The summed E-state index contributed by atoms with van der Waals surface area (Å²) in [7, 11) is 0. The van der Waals surface area contributed by atoms with Gasteiger partial charge in [0.05, 0.1) is 16.8 Å². The number of aryl methyl sites for hydroxylation is 2. The van der Waals surface area contributed by atoms with Crippen LogP contribution in [0.5, 0.6) is 0 Å². The van der Waals surface area contributed by atoms with Crippen molar-refractivity contribution in [3.63, 3.8) is 0 Å². The Hall–Kier alpha value is -2.57. The fourth-order valence-electron chi connectivity index (χ4n) is 4.60. The molecular formula is C25H27N3O2S. The van der Waals surface area contributed by atoms with E-state index in [0.717, 1.165) is 61.7 Å². The molecule has 0 N–H and O–H groups in total. The second-order valence-electron chi connectivity index (χ2n) is 8.49. The normalized spacial score (nSPS) is 16.6. The number of Topliss-reactive ketones (excluding diaryl/α,β-unsaturated/α-hetero) is 1. The molecule has 1 aliphatic heterocycles. The van der Waals surface area contributed by atoms with Crippen molar-refractivity contribution in [2.45, 2.75) is 38.6 Å². The van der Waals surface area contributed by atoms with Gasteiger partial charge in [0.25, 0.3) is 0 Å². The highest BCUT2D eigenvalue weighted by Gasteiger charge is 2.23. The van der Waals surface area contributed by atoms with E-state index in [0.29, 0.717) is 12.8 Å². The number of carbonyl (C=O) groups excluding carboxylic acids is 2. The van der Waals surface area contributed by atoms with Crippen molar-refractivity contribution < 1.29 is 9.59 Å². The Morgan fingerprint density at radius 2 is 1.74 bits per heavy atom. The molecule has 2 aromatic carbocycles. The molecule has 2 heterocycles. The predicted molar refractivity (Wildman–Crippen MR) is 124 cm³/mol. The van der Waals surface area contributed by atoms with Gasteiger partial charge in [-0.05, 0) is 48.6 Å². The van der Waals surface area contributed by atoms with Crippen molar-refractivity contribution >= 4 is 33.2 Å². The molecule has 2 aliphatic rings. The minimum atomic E-state index is 0.0810. The molecule has 0 bridgehead atoms. The van der Waals surface area contributed by atoms with Crippen LogP contribution in [0.25, 0.3) is 10.2 Å². The highest BCUT2D eigenvalue weighted by Crippen LogP contribution is 2.24. The van der Waals surface area contributed by atoms with Gasteiger partial charge in [0.15, 0.2) is 5.78 Å². The number of hydrogen-bond donors (Lipinski definition) is 0. The van der Waals surface area contributed by atoms with Crippen LogP contribution in [0.15, 0.2) is 42.5 Å². The third-order valence-electron chi connectivity index (χ3n) is 6.41. The lowest BCUT2D eigenvalue weighted by Crippen LogP contribution is -2.48. The van der Waals surface area contributed by atoms with Gasteiger partial charge in [-0.3, -0.25) is 14.5 Å². The number of piperazine rings is 1. The molecule has 3 aromatic rings. The van der Waals surface area contributed by atoms with Gasteiger partial charge in [-0.15, -0.1) is 11.3 Å². The second kappa shape index (κ2) is 8.89. The zero-order chi connectivity index (χ0) is 21.2. The lowest BCUT2D eigenvalue weighted by molar-refractivity contribution is -0.132. The van der Waals surface area contributed by atoms with Crippen LogP contribution < -0.4 is 0 Å². The summed E-state index contributed by atoms with van der Waals surface area (Å²) in [5.74, 6) is 0.173. The van der Waals surface area contributed by atoms with E-state index in [1.807, 2.05) is 29.2 Å². The Morgan fingerprint density at radius 3 is 2.58 bits per heavy atom. The Balaban J connectivity index is 1.09. The average molecular weight is 434 g/mol. The van der Waals surface area contributed by atoms with Crippen molar-refractivity contribution in [3.8, 4) is 0 Å². The van der Waals surface area contributed by atoms with E-state index in [2.05, 4.69) is 23.1 Å². The Morgan fingerprint density at radius 1 is 0.935 bits per heavy atom. The first kappa shape index (κ1) is 20.3. The topological polar surface area (TPSA) is 53.5 Å². The van der Waals surface area contributed by atoms with Crippen LogP contribution in [0.3, 0.4) is 0 Å². The highest BCUT2D eigenvalue weighted by atomic mass is 32.1. The SMILES string of the molecule is O=C(CCC(=O)N1CCN(Cc2nc3ccccc3s2)CC1)c1ccc2c(c1)CCC2. The molecule has 1 saturated heterocycles. The number of aromatic nitrogens is 1. The minimum absolute atomic E-state index is 0.0810. The number of para-hydroxylation sites is 1. The number of nitrogens with zero attached hydrogens (tertiary/aromatic N) is 3. The first-order chi connectivity index (χ1) is 15.2. The standard InChI is InChI=1S/C25H27N3O2S/c29-22(20-9-8-18-4-3-5-19(18)16-20)10-11-25(30)28-14-12-27(13-15-28)17-24-26-21-6-1-2-7-23(21)31-24/h1-2,6-9,16H,3-5,10-15,17H2. The van der Waals surface area contributed by atoms with Crippen molar-refractivity contribution in [2.24, 2.45) is 0 Å². The number of thiazole rings is 1. The maximum Gasteiger partial charge on any atom is 0.223 e. The van der Waals surface area contributed by atoms with Gasteiger partial charge in [-0.1, -0.05) is 24.3 Å². The smallest absolute Gasteiger partial charge is 0.223 e. The van der Waals surface area contributed by atoms with Gasteiger partial charge < -0.3 is 4.90 Å². The molecule has 1 aromatic heterocycles. The van der Waals surface area contributed by atoms with Crippen LogP contribution >= 0.6 is 11.3 Å². The van der Waals surface area contributed by atoms with Gasteiger partial charge in [0.2, 0.25) is 5.91 Å². The van der Waals surface area contributed by atoms with E-state index in [1.165, 1.54) is 22.2 Å². The quantitative estimate of drug-likeness (QED) is 0.550. The number of rotatable bonds is 6. The van der Waals surface area contributed by atoms with Crippen molar-refractivity contribution in [2.75, 3.05) is 26.2 Å². The molecule has 1 amide bonds. The van der Waals surface area contributed by atoms with E-state index < -0.39 is 0 Å². The summed E-state index contributed by atoms with van der Waals surface area (Å²) in [5.41, 5.74) is 4.50. The van der Waals surface area contributed by atoms with Crippen LogP contribution in [0.4, 0.5) is 0 Å². The summed E-state index contributed by atoms with van der Waals surface area (Å²) in [6.45, 7) is 3.96. The summed E-state index contributed by atoms with van der Waals surface area (Å²) in [4.78, 5) is 34.2. The molecule has 0 atom stereocenters. The van der Waals surface area contributed by atoms with Gasteiger partial charge in [-0.25, -0.2) is 4.98 Å². The number of benzene rings is 2. The van der Waals surface area contributed by atoms with Gasteiger partial charge in [-0.2, -0.15) is 0 Å². The monoisotopic (exact) mass is 433 g/mol. The Bertz CT molecular complexity index is 1080. The van der Waals surface area contributed by atoms with Crippen LogP contribution in [0.2, 0.25) is 0 Å². The average Bonchev–Trinajstić information content (AvgIpc) is 3.43. The van der Waals surface area contributed by atoms with Gasteiger partial charge >= 0.3 is 0 Å². The summed E-state index contributed by atoms with van der Waals surface area (Å²) >= 11 is 1.74. The minimum Gasteiger partial charge on any atom is -0.340 e. The molecule has 0 radical (unpaired) electrons. The first-order valence-corrected chi connectivity index (χ1v) is 12.0. The molecular weight excluding hydrogens is 406 g/mol. The van der Waals surface area contributed by atoms with Crippen molar-refractivity contribution in [1.29, 1.82) is 0 Å². The molecule has 0 spiro atoms. The first-order valence-electron chi connectivity index (χ1n) is 11.2. The van der Waals surface area contributed by atoms with E-state index in [4.69, 9.17) is 4.98 Å². The van der Waals surface area contributed by atoms with Crippen LogP contribution in [-0.2, 0) is 24.2 Å². The van der Waals surface area contributed by atoms with E-state index in [1.54, 1.807) is 11.3 Å². The number of fused-ring (bicyclic) bond motifs is 2. The third-order valence-corrected chi connectivity index (χ3v) is 7.43. The summed E-state index contributed by atoms with van der Waals surface area (Å²) in [5, 5.41) is 1.13. The second-order valence-corrected chi connectivity index (χ2v) is 9.61. The number of hydrogen-bond acceptors (Lipinski definition) is 5. The van der Waals surface area contributed by atoms with Crippen LogP contribution in [0, 0.1) is 0 Å². The molecule has 31 heavy (non-hydrogen) atoms. The zero-order valence-corrected chi connectivity index (χ0v) is 18.5. The van der Waals surface area contributed by atoms with E-state index in [9.17, 15) is 9.59 Å². The van der Waals surface area contributed by atoms with Crippen molar-refractivity contribution in [1.82, 2.24) is 14.8 Å². The fourth-order valence-corrected chi connectivity index (χ4v) is 5.61. The fraction of sp³-hybridized carbons (Fsp3) is 0.400. The molecule has 1 aliphatic carbocycles. The Kier molecular flexibility index (Phi) is 5.83. The zero-order valence-electron chi connectivity index (χ0n) is 17.7. The summed E-state index contributed by atoms with van der Waals surface area (Å²) < 4.78 is 1.22. The highest BCUT2D eigenvalue weighted by molar-refractivity contribution is 7.18. The van der Waals surface area contributed by atoms with E-state index in [-0.39, 0.29) is 11.7 Å². The summed E-state index contributed by atoms with van der Waals surface area (Å²) in [6.07, 6.45) is 3.96. The molecule has 6 heteroatoms. The Labute approximate surface area is 186 Å². The number of amides is 1. The molecule has 0 unspecified atom stereocenters. The largest absolute Gasteiger partial charge is 0.340 e. The summed E-state index contributed by atoms with van der Waals surface area (Å²) in [6, 6.07) is 14.3.